The number of likely N-dealkylation sites (tertiary alicyclic amines) is 1. The molecule has 24 heavy (non-hydrogen) atoms. The molecule has 0 aromatic heterocycles. The normalized spacial score (nSPS) is 24.8. The van der Waals surface area contributed by atoms with Crippen molar-refractivity contribution < 1.29 is 14.3 Å². The third kappa shape index (κ3) is 5.16. The SMILES string of the molecule is CCOCCN1CCN([C@H](C)C(=O)N2CCC[C@H](C(N)=O)C2)CC1. The van der Waals surface area contributed by atoms with Crippen molar-refractivity contribution >= 4 is 11.8 Å². The molecule has 0 saturated carbocycles. The molecule has 0 bridgehead atoms. The number of carbonyl (C=O) groups is 2. The van der Waals surface area contributed by atoms with Gasteiger partial charge in [0.1, 0.15) is 0 Å². The lowest BCUT2D eigenvalue weighted by molar-refractivity contribution is -0.140. The molecule has 7 heteroatoms. The smallest absolute Gasteiger partial charge is 0.239 e. The van der Waals surface area contributed by atoms with Crippen molar-refractivity contribution in [1.82, 2.24) is 14.7 Å². The zero-order valence-corrected chi connectivity index (χ0v) is 15.1. The number of hydrogen-bond donors (Lipinski definition) is 1. The number of rotatable bonds is 7. The Morgan fingerprint density at radius 2 is 1.92 bits per heavy atom. The Hall–Kier alpha value is -1.18. The zero-order chi connectivity index (χ0) is 17.5. The molecule has 2 N–H and O–H groups in total. The number of ether oxygens (including phenoxy) is 1. The van der Waals surface area contributed by atoms with Crippen LogP contribution >= 0.6 is 0 Å². The molecule has 2 aliphatic rings. The summed E-state index contributed by atoms with van der Waals surface area (Å²) in [5.41, 5.74) is 5.41. The Kier molecular flexibility index (Phi) is 7.45. The van der Waals surface area contributed by atoms with Crippen LogP contribution in [0.4, 0.5) is 0 Å². The number of piperazine rings is 1. The van der Waals surface area contributed by atoms with Gasteiger partial charge in [0.05, 0.1) is 18.6 Å². The second-order valence-electron chi connectivity index (χ2n) is 6.78. The molecule has 2 rings (SSSR count). The maximum absolute atomic E-state index is 12.8. The van der Waals surface area contributed by atoms with Crippen molar-refractivity contribution in [2.75, 3.05) is 59.0 Å². The second-order valence-corrected chi connectivity index (χ2v) is 6.78. The van der Waals surface area contributed by atoms with E-state index < -0.39 is 0 Å². The fourth-order valence-corrected chi connectivity index (χ4v) is 3.54. The Morgan fingerprint density at radius 3 is 2.54 bits per heavy atom. The van der Waals surface area contributed by atoms with E-state index in [0.29, 0.717) is 6.54 Å². The van der Waals surface area contributed by atoms with Gasteiger partial charge in [-0.2, -0.15) is 0 Å². The zero-order valence-electron chi connectivity index (χ0n) is 15.1. The highest BCUT2D eigenvalue weighted by Crippen LogP contribution is 2.18. The lowest BCUT2D eigenvalue weighted by Crippen LogP contribution is -2.56. The third-order valence-corrected chi connectivity index (χ3v) is 5.20. The molecule has 138 valence electrons. The molecule has 2 fully saturated rings. The van der Waals surface area contributed by atoms with Gasteiger partial charge in [0.2, 0.25) is 11.8 Å². The highest BCUT2D eigenvalue weighted by molar-refractivity contribution is 5.83. The van der Waals surface area contributed by atoms with Gasteiger partial charge in [-0.15, -0.1) is 0 Å². The van der Waals surface area contributed by atoms with Gasteiger partial charge in [0, 0.05) is 52.4 Å². The van der Waals surface area contributed by atoms with E-state index in [4.69, 9.17) is 10.5 Å². The van der Waals surface area contributed by atoms with Crippen LogP contribution in [0, 0.1) is 5.92 Å². The van der Waals surface area contributed by atoms with Gasteiger partial charge in [0.25, 0.3) is 0 Å². The number of piperidine rings is 1. The Labute approximate surface area is 145 Å². The Bertz CT molecular complexity index is 424. The molecule has 0 spiro atoms. The first-order valence-corrected chi connectivity index (χ1v) is 9.15. The van der Waals surface area contributed by atoms with Crippen LogP contribution in [-0.4, -0.2) is 91.6 Å². The molecular formula is C17H32N4O3. The monoisotopic (exact) mass is 340 g/mol. The van der Waals surface area contributed by atoms with Crippen LogP contribution in [0.15, 0.2) is 0 Å². The summed E-state index contributed by atoms with van der Waals surface area (Å²) in [5.74, 6) is -0.350. The topological polar surface area (TPSA) is 79.1 Å². The summed E-state index contributed by atoms with van der Waals surface area (Å²) in [6.45, 7) is 11.4. The Morgan fingerprint density at radius 1 is 1.21 bits per heavy atom. The minimum atomic E-state index is -0.289. The van der Waals surface area contributed by atoms with Crippen LogP contribution in [0.3, 0.4) is 0 Å². The average molecular weight is 340 g/mol. The minimum Gasteiger partial charge on any atom is -0.380 e. The number of carbonyl (C=O) groups excluding carboxylic acids is 2. The van der Waals surface area contributed by atoms with E-state index in [1.54, 1.807) is 0 Å². The van der Waals surface area contributed by atoms with Crippen LogP contribution in [0.2, 0.25) is 0 Å². The van der Waals surface area contributed by atoms with Gasteiger partial charge < -0.3 is 15.4 Å². The number of amides is 2. The molecule has 2 amide bonds. The van der Waals surface area contributed by atoms with Gasteiger partial charge in [-0.1, -0.05) is 0 Å². The first kappa shape index (κ1) is 19.1. The molecule has 0 unspecified atom stereocenters. The quantitative estimate of drug-likeness (QED) is 0.647. The van der Waals surface area contributed by atoms with Crippen LogP contribution in [0.25, 0.3) is 0 Å². The molecule has 2 heterocycles. The predicted molar refractivity (Wildman–Crippen MR) is 92.5 cm³/mol. The number of primary amides is 1. The fraction of sp³-hybridized carbons (Fsp3) is 0.882. The summed E-state index contributed by atoms with van der Waals surface area (Å²) in [5, 5.41) is 0. The lowest BCUT2D eigenvalue weighted by Gasteiger charge is -2.40. The standard InChI is InChI=1S/C17H32N4O3/c1-3-24-12-11-19-7-9-20(10-8-19)14(2)17(23)21-6-4-5-15(13-21)16(18)22/h14-15H,3-13H2,1-2H3,(H2,18,22)/t14-,15+/m1/s1. The maximum atomic E-state index is 12.8. The van der Waals surface area contributed by atoms with Crippen molar-refractivity contribution in [3.05, 3.63) is 0 Å². The van der Waals surface area contributed by atoms with Crippen LogP contribution in [-0.2, 0) is 14.3 Å². The van der Waals surface area contributed by atoms with Crippen LogP contribution in [0.1, 0.15) is 26.7 Å². The highest BCUT2D eigenvalue weighted by Gasteiger charge is 2.32. The van der Waals surface area contributed by atoms with E-state index in [-0.39, 0.29) is 23.8 Å². The van der Waals surface area contributed by atoms with Gasteiger partial charge in [-0.3, -0.25) is 19.4 Å². The van der Waals surface area contributed by atoms with Gasteiger partial charge >= 0.3 is 0 Å². The number of hydrogen-bond acceptors (Lipinski definition) is 5. The first-order valence-electron chi connectivity index (χ1n) is 9.15. The summed E-state index contributed by atoms with van der Waals surface area (Å²) >= 11 is 0. The Balaban J connectivity index is 1.78. The molecule has 0 aliphatic carbocycles. The highest BCUT2D eigenvalue weighted by atomic mass is 16.5. The van der Waals surface area contributed by atoms with Crippen molar-refractivity contribution in [3.63, 3.8) is 0 Å². The van der Waals surface area contributed by atoms with E-state index in [0.717, 1.165) is 65.3 Å². The lowest BCUT2D eigenvalue weighted by atomic mass is 9.97. The third-order valence-electron chi connectivity index (χ3n) is 5.20. The van der Waals surface area contributed by atoms with Gasteiger partial charge in [-0.25, -0.2) is 0 Å². The average Bonchev–Trinajstić information content (AvgIpc) is 2.61. The van der Waals surface area contributed by atoms with Crippen LogP contribution in [0.5, 0.6) is 0 Å². The second kappa shape index (κ2) is 9.34. The summed E-state index contributed by atoms with van der Waals surface area (Å²) in [6.07, 6.45) is 1.66. The molecule has 0 aromatic carbocycles. The number of nitrogens with zero attached hydrogens (tertiary/aromatic N) is 3. The van der Waals surface area contributed by atoms with E-state index >= 15 is 0 Å². The van der Waals surface area contributed by atoms with Crippen molar-refractivity contribution in [2.24, 2.45) is 11.7 Å². The summed E-state index contributed by atoms with van der Waals surface area (Å²) in [4.78, 5) is 30.6. The van der Waals surface area contributed by atoms with Crippen molar-refractivity contribution in [3.8, 4) is 0 Å². The van der Waals surface area contributed by atoms with Crippen LogP contribution < -0.4 is 5.73 Å². The molecule has 0 aromatic rings. The van der Waals surface area contributed by atoms with Gasteiger partial charge in [-0.05, 0) is 26.7 Å². The van der Waals surface area contributed by atoms with E-state index in [1.807, 2.05) is 18.7 Å². The summed E-state index contributed by atoms with van der Waals surface area (Å²) < 4.78 is 5.40. The molecule has 2 saturated heterocycles. The molecular weight excluding hydrogens is 308 g/mol. The number of nitrogens with two attached hydrogens (primary N) is 1. The predicted octanol–water partition coefficient (Wildman–Crippen LogP) is -0.247. The fourth-order valence-electron chi connectivity index (χ4n) is 3.54. The first-order chi connectivity index (χ1) is 11.5. The molecule has 2 atom stereocenters. The minimum absolute atomic E-state index is 0.128. The summed E-state index contributed by atoms with van der Waals surface area (Å²) in [6, 6.07) is -0.134. The van der Waals surface area contributed by atoms with E-state index in [2.05, 4.69) is 9.80 Å². The summed E-state index contributed by atoms with van der Waals surface area (Å²) in [7, 11) is 0. The van der Waals surface area contributed by atoms with Gasteiger partial charge in [0.15, 0.2) is 0 Å². The largest absolute Gasteiger partial charge is 0.380 e. The molecule has 0 radical (unpaired) electrons. The van der Waals surface area contributed by atoms with Crippen molar-refractivity contribution in [2.45, 2.75) is 32.7 Å². The van der Waals surface area contributed by atoms with E-state index in [1.165, 1.54) is 0 Å². The van der Waals surface area contributed by atoms with Crippen molar-refractivity contribution in [1.29, 1.82) is 0 Å². The maximum Gasteiger partial charge on any atom is 0.239 e. The molecule has 7 nitrogen and oxygen atoms in total. The molecule has 2 aliphatic heterocycles. The van der Waals surface area contributed by atoms with E-state index in [9.17, 15) is 9.59 Å².